The fourth-order valence-electron chi connectivity index (χ4n) is 2.99. The van der Waals surface area contributed by atoms with Crippen molar-refractivity contribution in [3.05, 3.63) is 66.1 Å². The van der Waals surface area contributed by atoms with Crippen LogP contribution in [0.15, 0.2) is 54.7 Å². The third kappa shape index (κ3) is 5.88. The standard InChI is InChI=1S/C20H22BFN4O4/c1-30-17-10-14(9-16(22)12-17)11-19(21(28)29)23-20(27)7-8-26-13-18(24-25-26)15-5-3-2-4-6-15/h2-6,9-10,12-13,19,28-29H,7-8,11H2,1H3,(H,23,27). The Bertz CT molecular complexity index is 984. The normalized spacial score (nSPS) is 11.7. The molecule has 0 aliphatic rings. The number of rotatable bonds is 9. The predicted octanol–water partition coefficient (Wildman–Crippen LogP) is 1.22. The second kappa shape index (κ2) is 9.99. The molecule has 1 aromatic heterocycles. The smallest absolute Gasteiger partial charge is 0.475 e. The number of hydrogen-bond acceptors (Lipinski definition) is 6. The summed E-state index contributed by atoms with van der Waals surface area (Å²) in [5.74, 6) is -1.60. The Labute approximate surface area is 173 Å². The van der Waals surface area contributed by atoms with Crippen molar-refractivity contribution in [3.8, 4) is 17.0 Å². The van der Waals surface area contributed by atoms with Crippen molar-refractivity contribution in [1.29, 1.82) is 0 Å². The van der Waals surface area contributed by atoms with Crippen molar-refractivity contribution in [2.75, 3.05) is 7.11 Å². The van der Waals surface area contributed by atoms with Crippen LogP contribution in [0.3, 0.4) is 0 Å². The van der Waals surface area contributed by atoms with Gasteiger partial charge in [0.2, 0.25) is 5.91 Å². The Morgan fingerprint density at radius 1 is 1.27 bits per heavy atom. The number of aromatic nitrogens is 3. The summed E-state index contributed by atoms with van der Waals surface area (Å²) in [7, 11) is -0.397. The Kier molecular flexibility index (Phi) is 7.15. The molecular weight excluding hydrogens is 390 g/mol. The van der Waals surface area contributed by atoms with Crippen molar-refractivity contribution in [2.45, 2.75) is 25.3 Å². The van der Waals surface area contributed by atoms with Crippen LogP contribution in [-0.4, -0.2) is 51.1 Å². The summed E-state index contributed by atoms with van der Waals surface area (Å²) in [5, 5.41) is 29.9. The van der Waals surface area contributed by atoms with Crippen LogP contribution in [0.5, 0.6) is 5.75 Å². The first-order valence-electron chi connectivity index (χ1n) is 9.39. The monoisotopic (exact) mass is 412 g/mol. The van der Waals surface area contributed by atoms with Gasteiger partial charge in [0, 0.05) is 18.1 Å². The van der Waals surface area contributed by atoms with Crippen molar-refractivity contribution in [3.63, 3.8) is 0 Å². The second-order valence-corrected chi connectivity index (χ2v) is 6.77. The van der Waals surface area contributed by atoms with Crippen LogP contribution in [0.2, 0.25) is 0 Å². The highest BCUT2D eigenvalue weighted by Gasteiger charge is 2.26. The number of amides is 1. The summed E-state index contributed by atoms with van der Waals surface area (Å²) in [6, 6.07) is 13.6. The van der Waals surface area contributed by atoms with E-state index < -0.39 is 24.8 Å². The van der Waals surface area contributed by atoms with E-state index in [1.165, 1.54) is 19.2 Å². The van der Waals surface area contributed by atoms with Crippen LogP contribution in [0, 0.1) is 5.82 Å². The first kappa shape index (κ1) is 21.5. The summed E-state index contributed by atoms with van der Waals surface area (Å²) in [5.41, 5.74) is 2.08. The van der Waals surface area contributed by atoms with Crippen molar-refractivity contribution in [1.82, 2.24) is 20.3 Å². The van der Waals surface area contributed by atoms with Crippen molar-refractivity contribution >= 4 is 13.0 Å². The van der Waals surface area contributed by atoms with Gasteiger partial charge in [0.1, 0.15) is 17.3 Å². The molecule has 1 atom stereocenters. The van der Waals surface area contributed by atoms with Crippen LogP contribution >= 0.6 is 0 Å². The summed E-state index contributed by atoms with van der Waals surface area (Å²) in [6.07, 6.45) is 1.83. The number of halogens is 1. The van der Waals surface area contributed by atoms with Crippen LogP contribution < -0.4 is 10.1 Å². The molecule has 3 rings (SSSR count). The van der Waals surface area contributed by atoms with E-state index in [0.29, 0.717) is 17.0 Å². The number of carbonyl (C=O) groups is 1. The maximum Gasteiger partial charge on any atom is 0.475 e. The van der Waals surface area contributed by atoms with Gasteiger partial charge in [0.05, 0.1) is 25.8 Å². The number of aryl methyl sites for hydroxylation is 1. The average molecular weight is 412 g/mol. The van der Waals surface area contributed by atoms with Gasteiger partial charge < -0.3 is 20.1 Å². The number of benzene rings is 2. The van der Waals surface area contributed by atoms with Crippen LogP contribution in [0.4, 0.5) is 4.39 Å². The lowest BCUT2D eigenvalue weighted by molar-refractivity contribution is -0.121. The minimum atomic E-state index is -1.81. The number of ether oxygens (including phenoxy) is 1. The summed E-state index contributed by atoms with van der Waals surface area (Å²) in [6.45, 7) is 0.272. The molecular formula is C20H22BFN4O4. The Morgan fingerprint density at radius 3 is 2.73 bits per heavy atom. The molecule has 10 heteroatoms. The number of carbonyl (C=O) groups excluding carboxylic acids is 1. The second-order valence-electron chi connectivity index (χ2n) is 6.77. The van der Waals surface area contributed by atoms with Gasteiger partial charge >= 0.3 is 7.12 Å². The first-order chi connectivity index (χ1) is 14.4. The molecule has 1 amide bonds. The minimum absolute atomic E-state index is 0.0268. The third-order valence-electron chi connectivity index (χ3n) is 4.50. The van der Waals surface area contributed by atoms with E-state index in [1.807, 2.05) is 30.3 Å². The minimum Gasteiger partial charge on any atom is -0.497 e. The van der Waals surface area contributed by atoms with E-state index in [9.17, 15) is 19.2 Å². The molecule has 3 N–H and O–H groups in total. The van der Waals surface area contributed by atoms with Gasteiger partial charge in [-0.05, 0) is 24.1 Å². The molecule has 1 heterocycles. The number of nitrogens with zero attached hydrogens (tertiary/aromatic N) is 3. The summed E-state index contributed by atoms with van der Waals surface area (Å²) < 4.78 is 20.2. The van der Waals surface area contributed by atoms with Crippen molar-refractivity contribution in [2.24, 2.45) is 0 Å². The molecule has 8 nitrogen and oxygen atoms in total. The van der Waals surface area contributed by atoms with Gasteiger partial charge in [-0.15, -0.1) is 5.10 Å². The Morgan fingerprint density at radius 2 is 2.03 bits per heavy atom. The van der Waals surface area contributed by atoms with Crippen LogP contribution in [-0.2, 0) is 17.8 Å². The molecule has 0 radical (unpaired) electrons. The molecule has 156 valence electrons. The van der Waals surface area contributed by atoms with E-state index in [0.717, 1.165) is 5.56 Å². The number of nitrogens with one attached hydrogen (secondary N) is 1. The lowest BCUT2D eigenvalue weighted by atomic mass is 9.76. The fraction of sp³-hybridized carbons (Fsp3) is 0.250. The zero-order chi connectivity index (χ0) is 21.5. The first-order valence-corrected chi connectivity index (χ1v) is 9.39. The number of hydrogen-bond donors (Lipinski definition) is 3. The van der Waals surface area contributed by atoms with Gasteiger partial charge in [-0.1, -0.05) is 35.5 Å². The third-order valence-corrected chi connectivity index (χ3v) is 4.50. The number of methoxy groups -OCH3 is 1. The summed E-state index contributed by atoms with van der Waals surface area (Å²) in [4.78, 5) is 12.3. The highest BCUT2D eigenvalue weighted by molar-refractivity contribution is 6.43. The van der Waals surface area contributed by atoms with Gasteiger partial charge in [-0.2, -0.15) is 0 Å². The molecule has 0 saturated carbocycles. The summed E-state index contributed by atoms with van der Waals surface area (Å²) >= 11 is 0. The molecule has 3 aromatic rings. The molecule has 0 aliphatic carbocycles. The quantitative estimate of drug-likeness (QED) is 0.456. The largest absolute Gasteiger partial charge is 0.497 e. The zero-order valence-corrected chi connectivity index (χ0v) is 16.4. The van der Waals surface area contributed by atoms with Gasteiger partial charge in [0.25, 0.3) is 0 Å². The molecule has 2 aromatic carbocycles. The van der Waals surface area contributed by atoms with Gasteiger partial charge in [0.15, 0.2) is 0 Å². The molecule has 30 heavy (non-hydrogen) atoms. The molecule has 0 saturated heterocycles. The van der Waals surface area contributed by atoms with E-state index in [1.54, 1.807) is 16.9 Å². The lowest BCUT2D eigenvalue weighted by Gasteiger charge is -2.18. The Balaban J connectivity index is 1.57. The van der Waals surface area contributed by atoms with Crippen LogP contribution in [0.25, 0.3) is 11.3 Å². The Hall–Kier alpha value is -3.24. The zero-order valence-electron chi connectivity index (χ0n) is 16.4. The van der Waals surface area contributed by atoms with E-state index in [-0.39, 0.29) is 19.4 Å². The fourth-order valence-corrected chi connectivity index (χ4v) is 2.99. The lowest BCUT2D eigenvalue weighted by Crippen LogP contribution is -2.48. The molecule has 0 aliphatic heterocycles. The molecule has 0 bridgehead atoms. The average Bonchev–Trinajstić information content (AvgIpc) is 3.21. The van der Waals surface area contributed by atoms with Crippen molar-refractivity contribution < 1.29 is 24.0 Å². The van der Waals surface area contributed by atoms with Crippen LogP contribution in [0.1, 0.15) is 12.0 Å². The van der Waals surface area contributed by atoms with E-state index in [2.05, 4.69) is 15.6 Å². The van der Waals surface area contributed by atoms with Gasteiger partial charge in [-0.3, -0.25) is 9.48 Å². The van der Waals surface area contributed by atoms with E-state index in [4.69, 9.17) is 4.74 Å². The maximum absolute atomic E-state index is 13.7. The topological polar surface area (TPSA) is 110 Å². The van der Waals surface area contributed by atoms with E-state index >= 15 is 0 Å². The highest BCUT2D eigenvalue weighted by atomic mass is 19.1. The van der Waals surface area contributed by atoms with Gasteiger partial charge in [-0.25, -0.2) is 4.39 Å². The SMILES string of the molecule is COc1cc(F)cc(CC(NC(=O)CCn2cc(-c3ccccc3)nn2)B(O)O)c1. The molecule has 0 fully saturated rings. The molecule has 0 spiro atoms. The molecule has 1 unspecified atom stereocenters. The predicted molar refractivity (Wildman–Crippen MR) is 109 cm³/mol. The highest BCUT2D eigenvalue weighted by Crippen LogP contribution is 2.18. The maximum atomic E-state index is 13.7.